The van der Waals surface area contributed by atoms with Crippen LogP contribution in [0.5, 0.6) is 11.5 Å². The number of aromatic nitrogens is 2. The summed E-state index contributed by atoms with van der Waals surface area (Å²) >= 11 is 5.71. The van der Waals surface area contributed by atoms with Gasteiger partial charge in [0.15, 0.2) is 23.1 Å². The molecule has 0 saturated carbocycles. The third kappa shape index (κ3) is 3.92. The minimum Gasteiger partial charge on any atom is -0.464 e. The molecule has 0 atom stereocenters. The van der Waals surface area contributed by atoms with Crippen molar-refractivity contribution in [2.45, 2.75) is 0 Å². The number of rotatable bonds is 4. The Balaban J connectivity index is 1.81. The standard InChI is InChI=1S/C18H12ClFN2O3/c1-24-18(23)15-8-9-21-17(22-15)11-2-5-13(6-3-11)25-16-7-4-12(19)10-14(16)20/h2-10H,1H3. The first-order valence-corrected chi connectivity index (χ1v) is 7.59. The Kier molecular flexibility index (Phi) is 4.90. The van der Waals surface area contributed by atoms with Gasteiger partial charge in [-0.2, -0.15) is 0 Å². The highest BCUT2D eigenvalue weighted by molar-refractivity contribution is 6.30. The molecular weight excluding hydrogens is 347 g/mol. The van der Waals surface area contributed by atoms with Gasteiger partial charge in [0.05, 0.1) is 7.11 Å². The molecule has 3 aromatic rings. The second kappa shape index (κ2) is 7.27. The normalized spacial score (nSPS) is 10.4. The lowest BCUT2D eigenvalue weighted by molar-refractivity contribution is 0.0594. The number of benzene rings is 2. The predicted octanol–water partition coefficient (Wildman–Crippen LogP) is 4.52. The van der Waals surface area contributed by atoms with Crippen LogP contribution in [0.2, 0.25) is 5.02 Å². The maximum Gasteiger partial charge on any atom is 0.356 e. The second-order valence-electron chi connectivity index (χ2n) is 4.96. The Morgan fingerprint density at radius 1 is 1.12 bits per heavy atom. The van der Waals surface area contributed by atoms with E-state index < -0.39 is 11.8 Å². The zero-order valence-corrected chi connectivity index (χ0v) is 13.8. The molecule has 0 aliphatic rings. The molecule has 2 aromatic carbocycles. The van der Waals surface area contributed by atoms with Crippen molar-refractivity contribution < 1.29 is 18.7 Å². The molecule has 0 amide bonds. The van der Waals surface area contributed by atoms with Crippen LogP contribution in [0.4, 0.5) is 4.39 Å². The first-order valence-electron chi connectivity index (χ1n) is 7.21. The molecule has 7 heteroatoms. The molecule has 0 unspecified atom stereocenters. The second-order valence-corrected chi connectivity index (χ2v) is 5.39. The van der Waals surface area contributed by atoms with Gasteiger partial charge in [0.25, 0.3) is 0 Å². The molecule has 1 aromatic heterocycles. The van der Waals surface area contributed by atoms with Gasteiger partial charge in [-0.1, -0.05) is 11.6 Å². The van der Waals surface area contributed by atoms with Crippen LogP contribution in [0.3, 0.4) is 0 Å². The van der Waals surface area contributed by atoms with Gasteiger partial charge in [-0.15, -0.1) is 0 Å². The highest BCUT2D eigenvalue weighted by Crippen LogP contribution is 2.28. The highest BCUT2D eigenvalue weighted by atomic mass is 35.5. The minimum atomic E-state index is -0.550. The Morgan fingerprint density at radius 2 is 1.88 bits per heavy atom. The molecule has 0 aliphatic carbocycles. The van der Waals surface area contributed by atoms with Crippen LogP contribution in [-0.4, -0.2) is 23.0 Å². The smallest absolute Gasteiger partial charge is 0.356 e. The van der Waals surface area contributed by atoms with E-state index in [0.717, 1.165) is 0 Å². The summed E-state index contributed by atoms with van der Waals surface area (Å²) in [5.74, 6) is -0.213. The number of ether oxygens (including phenoxy) is 2. The van der Waals surface area contributed by atoms with Crippen LogP contribution in [0.15, 0.2) is 54.7 Å². The summed E-state index contributed by atoms with van der Waals surface area (Å²) in [6.07, 6.45) is 1.47. The Hall–Kier alpha value is -2.99. The molecule has 0 spiro atoms. The van der Waals surface area contributed by atoms with Gasteiger partial charge in [-0.25, -0.2) is 19.2 Å². The van der Waals surface area contributed by atoms with E-state index in [-0.39, 0.29) is 11.4 Å². The van der Waals surface area contributed by atoms with Gasteiger partial charge in [0.2, 0.25) is 0 Å². The maximum absolute atomic E-state index is 13.8. The van der Waals surface area contributed by atoms with Crippen molar-refractivity contribution in [2.75, 3.05) is 7.11 Å². The van der Waals surface area contributed by atoms with Crippen molar-refractivity contribution in [1.29, 1.82) is 0 Å². The van der Waals surface area contributed by atoms with Crippen molar-refractivity contribution in [3.8, 4) is 22.9 Å². The minimum absolute atomic E-state index is 0.0705. The van der Waals surface area contributed by atoms with Gasteiger partial charge in [-0.05, 0) is 48.5 Å². The molecule has 0 aliphatic heterocycles. The van der Waals surface area contributed by atoms with E-state index >= 15 is 0 Å². The largest absolute Gasteiger partial charge is 0.464 e. The number of esters is 1. The molecule has 3 rings (SSSR count). The van der Waals surface area contributed by atoms with Gasteiger partial charge in [0.1, 0.15) is 5.75 Å². The number of hydrogen-bond acceptors (Lipinski definition) is 5. The van der Waals surface area contributed by atoms with Gasteiger partial charge in [0, 0.05) is 16.8 Å². The Bertz CT molecular complexity index is 916. The van der Waals surface area contributed by atoms with Crippen LogP contribution < -0.4 is 4.74 Å². The number of halogens is 2. The Labute approximate surface area is 148 Å². The predicted molar refractivity (Wildman–Crippen MR) is 90.3 cm³/mol. The number of carbonyl (C=O) groups is 1. The third-order valence-electron chi connectivity index (χ3n) is 3.28. The van der Waals surface area contributed by atoms with Gasteiger partial charge >= 0.3 is 5.97 Å². The van der Waals surface area contributed by atoms with E-state index in [9.17, 15) is 9.18 Å². The monoisotopic (exact) mass is 358 g/mol. The quantitative estimate of drug-likeness (QED) is 0.642. The lowest BCUT2D eigenvalue weighted by Crippen LogP contribution is -2.05. The van der Waals surface area contributed by atoms with Crippen molar-refractivity contribution >= 4 is 17.6 Å². The number of methoxy groups -OCH3 is 1. The first-order chi connectivity index (χ1) is 12.1. The zero-order valence-electron chi connectivity index (χ0n) is 13.1. The van der Waals surface area contributed by atoms with E-state index in [1.54, 1.807) is 30.3 Å². The van der Waals surface area contributed by atoms with Crippen LogP contribution in [0.25, 0.3) is 11.4 Å². The molecule has 1 heterocycles. The number of nitrogens with zero attached hydrogens (tertiary/aromatic N) is 2. The summed E-state index contributed by atoms with van der Waals surface area (Å²) in [5.41, 5.74) is 0.839. The van der Waals surface area contributed by atoms with Crippen molar-refractivity contribution in [3.05, 3.63) is 71.3 Å². The highest BCUT2D eigenvalue weighted by Gasteiger charge is 2.10. The summed E-state index contributed by atoms with van der Waals surface area (Å²) in [6.45, 7) is 0. The summed E-state index contributed by atoms with van der Waals surface area (Å²) in [6, 6.07) is 12.4. The summed E-state index contributed by atoms with van der Waals surface area (Å²) in [4.78, 5) is 19.8. The third-order valence-corrected chi connectivity index (χ3v) is 3.52. The van der Waals surface area contributed by atoms with Crippen LogP contribution in [0, 0.1) is 5.82 Å². The number of hydrogen-bond donors (Lipinski definition) is 0. The number of carbonyl (C=O) groups excluding carboxylic acids is 1. The molecular formula is C18H12ClFN2O3. The summed E-state index contributed by atoms with van der Waals surface area (Å²) in [5, 5.41) is 0.294. The average molecular weight is 359 g/mol. The van der Waals surface area contributed by atoms with Crippen molar-refractivity contribution in [3.63, 3.8) is 0 Å². The zero-order chi connectivity index (χ0) is 17.8. The molecule has 0 bridgehead atoms. The first kappa shape index (κ1) is 16.9. The fourth-order valence-corrected chi connectivity index (χ4v) is 2.23. The van der Waals surface area contributed by atoms with Crippen molar-refractivity contribution in [1.82, 2.24) is 9.97 Å². The van der Waals surface area contributed by atoms with Crippen LogP contribution >= 0.6 is 11.6 Å². The van der Waals surface area contributed by atoms with E-state index in [4.69, 9.17) is 16.3 Å². The molecule has 5 nitrogen and oxygen atoms in total. The average Bonchev–Trinajstić information content (AvgIpc) is 2.64. The Morgan fingerprint density at radius 3 is 2.56 bits per heavy atom. The summed E-state index contributed by atoms with van der Waals surface area (Å²) < 4.78 is 23.9. The molecule has 25 heavy (non-hydrogen) atoms. The summed E-state index contributed by atoms with van der Waals surface area (Å²) in [7, 11) is 1.28. The lowest BCUT2D eigenvalue weighted by atomic mass is 10.2. The van der Waals surface area contributed by atoms with E-state index in [1.165, 1.54) is 31.5 Å². The lowest BCUT2D eigenvalue weighted by Gasteiger charge is -2.08. The molecule has 0 radical (unpaired) electrons. The molecule has 0 saturated heterocycles. The van der Waals surface area contributed by atoms with Gasteiger partial charge < -0.3 is 9.47 Å². The molecule has 0 N–H and O–H groups in total. The van der Waals surface area contributed by atoms with E-state index in [2.05, 4.69) is 14.7 Å². The van der Waals surface area contributed by atoms with E-state index in [1.807, 2.05) is 0 Å². The molecule has 126 valence electrons. The SMILES string of the molecule is COC(=O)c1ccnc(-c2ccc(Oc3ccc(Cl)cc3F)cc2)n1. The van der Waals surface area contributed by atoms with Crippen LogP contribution in [0.1, 0.15) is 10.5 Å². The van der Waals surface area contributed by atoms with E-state index in [0.29, 0.717) is 22.2 Å². The van der Waals surface area contributed by atoms with Crippen molar-refractivity contribution in [2.24, 2.45) is 0 Å². The fourth-order valence-electron chi connectivity index (χ4n) is 2.07. The van der Waals surface area contributed by atoms with Gasteiger partial charge in [-0.3, -0.25) is 0 Å². The fraction of sp³-hybridized carbons (Fsp3) is 0.0556. The topological polar surface area (TPSA) is 61.3 Å². The maximum atomic E-state index is 13.8. The van der Waals surface area contributed by atoms with Crippen LogP contribution in [-0.2, 0) is 4.74 Å². The molecule has 0 fully saturated rings.